The van der Waals surface area contributed by atoms with E-state index in [4.69, 9.17) is 0 Å². The molecule has 1 heterocycles. The lowest BCUT2D eigenvalue weighted by Gasteiger charge is -2.33. The van der Waals surface area contributed by atoms with Crippen LogP contribution in [0.3, 0.4) is 0 Å². The first-order valence-corrected chi connectivity index (χ1v) is 8.20. The van der Waals surface area contributed by atoms with E-state index in [2.05, 4.69) is 42.9 Å². The van der Waals surface area contributed by atoms with E-state index in [0.29, 0.717) is 5.41 Å². The standard InChI is InChI=1S/C16H27NS/c1-15(2,3)17-13-16(8-4-5-9-16)10-6-14-7-11-18-12-14/h7,11-12,17H,4-6,8-10,13H2,1-3H3. The van der Waals surface area contributed by atoms with Crippen LogP contribution in [-0.2, 0) is 6.42 Å². The average Bonchev–Trinajstić information content (AvgIpc) is 2.96. The fourth-order valence-corrected chi connectivity index (χ4v) is 3.64. The second-order valence-electron chi connectivity index (χ2n) is 6.94. The molecular weight excluding hydrogens is 238 g/mol. The molecule has 18 heavy (non-hydrogen) atoms. The topological polar surface area (TPSA) is 12.0 Å². The zero-order chi connectivity index (χ0) is 13.1. The van der Waals surface area contributed by atoms with Crippen LogP contribution >= 0.6 is 11.3 Å². The van der Waals surface area contributed by atoms with Crippen LogP contribution in [0.15, 0.2) is 16.8 Å². The highest BCUT2D eigenvalue weighted by molar-refractivity contribution is 7.07. The largest absolute Gasteiger partial charge is 0.312 e. The van der Waals surface area contributed by atoms with Crippen LogP contribution in [0.2, 0.25) is 0 Å². The van der Waals surface area contributed by atoms with Crippen molar-refractivity contribution in [3.8, 4) is 0 Å². The molecule has 2 rings (SSSR count). The summed E-state index contributed by atoms with van der Waals surface area (Å²) in [6.45, 7) is 8.01. The molecule has 0 unspecified atom stereocenters. The van der Waals surface area contributed by atoms with Crippen molar-refractivity contribution in [1.29, 1.82) is 0 Å². The quantitative estimate of drug-likeness (QED) is 0.818. The lowest BCUT2D eigenvalue weighted by Crippen LogP contribution is -2.43. The number of hydrogen-bond donors (Lipinski definition) is 1. The summed E-state index contributed by atoms with van der Waals surface area (Å²) in [5.41, 5.74) is 2.34. The van der Waals surface area contributed by atoms with E-state index in [0.717, 1.165) is 0 Å². The van der Waals surface area contributed by atoms with Gasteiger partial charge >= 0.3 is 0 Å². The van der Waals surface area contributed by atoms with Gasteiger partial charge in [0.2, 0.25) is 0 Å². The van der Waals surface area contributed by atoms with Crippen molar-refractivity contribution in [2.75, 3.05) is 6.54 Å². The first-order chi connectivity index (χ1) is 8.49. The minimum Gasteiger partial charge on any atom is -0.312 e. The van der Waals surface area contributed by atoms with E-state index in [-0.39, 0.29) is 5.54 Å². The molecular formula is C16H27NS. The highest BCUT2D eigenvalue weighted by Crippen LogP contribution is 2.41. The van der Waals surface area contributed by atoms with Crippen LogP contribution in [0.4, 0.5) is 0 Å². The molecule has 1 aliphatic carbocycles. The Bertz CT molecular complexity index is 342. The smallest absolute Gasteiger partial charge is 0.00967 e. The highest BCUT2D eigenvalue weighted by Gasteiger charge is 2.34. The molecule has 0 atom stereocenters. The van der Waals surface area contributed by atoms with Gasteiger partial charge in [0.15, 0.2) is 0 Å². The summed E-state index contributed by atoms with van der Waals surface area (Å²) in [6.07, 6.45) is 8.30. The number of aryl methyl sites for hydroxylation is 1. The number of thiophene rings is 1. The molecule has 0 saturated heterocycles. The van der Waals surface area contributed by atoms with Gasteiger partial charge in [-0.1, -0.05) is 12.8 Å². The van der Waals surface area contributed by atoms with Gasteiger partial charge in [-0.25, -0.2) is 0 Å². The van der Waals surface area contributed by atoms with Crippen LogP contribution in [0.5, 0.6) is 0 Å². The molecule has 0 aromatic carbocycles. The van der Waals surface area contributed by atoms with E-state index >= 15 is 0 Å². The van der Waals surface area contributed by atoms with Crippen molar-refractivity contribution in [3.63, 3.8) is 0 Å². The summed E-state index contributed by atoms with van der Waals surface area (Å²) < 4.78 is 0. The number of nitrogens with one attached hydrogen (secondary N) is 1. The number of hydrogen-bond acceptors (Lipinski definition) is 2. The van der Waals surface area contributed by atoms with Crippen LogP contribution in [0.1, 0.15) is 58.4 Å². The maximum Gasteiger partial charge on any atom is 0.00967 e. The average molecular weight is 265 g/mol. The SMILES string of the molecule is CC(C)(C)NCC1(CCc2ccsc2)CCCC1. The maximum atomic E-state index is 3.74. The molecule has 1 saturated carbocycles. The molecule has 0 radical (unpaired) electrons. The van der Waals surface area contributed by atoms with Crippen molar-refractivity contribution >= 4 is 11.3 Å². The Morgan fingerprint density at radius 2 is 2.00 bits per heavy atom. The van der Waals surface area contributed by atoms with Crippen LogP contribution < -0.4 is 5.32 Å². The Balaban J connectivity index is 1.90. The Labute approximate surface area is 116 Å². The molecule has 1 N–H and O–H groups in total. The second-order valence-corrected chi connectivity index (χ2v) is 7.72. The molecule has 0 bridgehead atoms. The van der Waals surface area contributed by atoms with Crippen molar-refractivity contribution in [3.05, 3.63) is 22.4 Å². The molecule has 1 nitrogen and oxygen atoms in total. The van der Waals surface area contributed by atoms with Crippen molar-refractivity contribution < 1.29 is 0 Å². The third-order valence-electron chi connectivity index (χ3n) is 4.18. The minimum absolute atomic E-state index is 0.248. The van der Waals surface area contributed by atoms with Crippen LogP contribution in [0.25, 0.3) is 0 Å². The van der Waals surface area contributed by atoms with Gasteiger partial charge in [-0.3, -0.25) is 0 Å². The Hall–Kier alpha value is -0.340. The van der Waals surface area contributed by atoms with Gasteiger partial charge in [0.05, 0.1) is 0 Å². The first-order valence-electron chi connectivity index (χ1n) is 7.25. The number of rotatable bonds is 5. The molecule has 1 aliphatic rings. The fraction of sp³-hybridized carbons (Fsp3) is 0.750. The van der Waals surface area contributed by atoms with Gasteiger partial charge in [-0.2, -0.15) is 11.3 Å². The molecule has 1 fully saturated rings. The summed E-state index contributed by atoms with van der Waals surface area (Å²) >= 11 is 1.82. The summed E-state index contributed by atoms with van der Waals surface area (Å²) in [5, 5.41) is 8.24. The van der Waals surface area contributed by atoms with E-state index in [1.165, 1.54) is 50.6 Å². The van der Waals surface area contributed by atoms with Gasteiger partial charge in [-0.15, -0.1) is 0 Å². The predicted molar refractivity (Wildman–Crippen MR) is 81.3 cm³/mol. The van der Waals surface area contributed by atoms with Gasteiger partial charge in [0.25, 0.3) is 0 Å². The van der Waals surface area contributed by atoms with Crippen LogP contribution in [-0.4, -0.2) is 12.1 Å². The molecule has 0 spiro atoms. The molecule has 1 aromatic heterocycles. The zero-order valence-electron chi connectivity index (χ0n) is 12.1. The summed E-state index contributed by atoms with van der Waals surface area (Å²) in [4.78, 5) is 0. The first kappa shape index (κ1) is 14.1. The lowest BCUT2D eigenvalue weighted by molar-refractivity contribution is 0.229. The normalized spacial score (nSPS) is 19.3. The predicted octanol–water partition coefficient (Wildman–Crippen LogP) is 4.63. The Kier molecular flexibility index (Phi) is 4.50. The Morgan fingerprint density at radius 3 is 2.56 bits per heavy atom. The zero-order valence-corrected chi connectivity index (χ0v) is 12.9. The van der Waals surface area contributed by atoms with Gasteiger partial charge in [0, 0.05) is 12.1 Å². The third-order valence-corrected chi connectivity index (χ3v) is 4.91. The Morgan fingerprint density at radius 1 is 1.28 bits per heavy atom. The molecule has 0 aliphatic heterocycles. The highest BCUT2D eigenvalue weighted by atomic mass is 32.1. The van der Waals surface area contributed by atoms with E-state index in [1.807, 2.05) is 11.3 Å². The lowest BCUT2D eigenvalue weighted by atomic mass is 9.80. The van der Waals surface area contributed by atoms with Crippen molar-refractivity contribution in [2.45, 2.75) is 64.8 Å². The summed E-state index contributed by atoms with van der Waals surface area (Å²) in [5.74, 6) is 0. The molecule has 102 valence electrons. The second kappa shape index (κ2) is 5.75. The van der Waals surface area contributed by atoms with Crippen molar-refractivity contribution in [2.24, 2.45) is 5.41 Å². The van der Waals surface area contributed by atoms with Crippen molar-refractivity contribution in [1.82, 2.24) is 5.32 Å². The molecule has 1 aromatic rings. The van der Waals surface area contributed by atoms with Gasteiger partial charge in [-0.05, 0) is 74.3 Å². The summed E-state index contributed by atoms with van der Waals surface area (Å²) in [6, 6.07) is 2.28. The van der Waals surface area contributed by atoms with E-state index in [9.17, 15) is 0 Å². The van der Waals surface area contributed by atoms with Gasteiger partial charge in [0.1, 0.15) is 0 Å². The fourth-order valence-electron chi connectivity index (χ4n) is 2.94. The summed E-state index contributed by atoms with van der Waals surface area (Å²) in [7, 11) is 0. The van der Waals surface area contributed by atoms with Crippen LogP contribution in [0, 0.1) is 5.41 Å². The third kappa shape index (κ3) is 4.10. The molecule has 2 heteroatoms. The molecule has 0 amide bonds. The van der Waals surface area contributed by atoms with Gasteiger partial charge < -0.3 is 5.32 Å². The van der Waals surface area contributed by atoms with E-state index < -0.39 is 0 Å². The minimum atomic E-state index is 0.248. The van der Waals surface area contributed by atoms with E-state index in [1.54, 1.807) is 0 Å². The monoisotopic (exact) mass is 265 g/mol. The maximum absolute atomic E-state index is 3.74.